The fraction of sp³-hybridized carbons (Fsp3) is 0.167. The van der Waals surface area contributed by atoms with E-state index in [0.717, 1.165) is 34.9 Å². The third-order valence-electron chi connectivity index (χ3n) is 3.90. The van der Waals surface area contributed by atoms with Gasteiger partial charge in [0.05, 0.1) is 17.8 Å². The first-order valence-electron chi connectivity index (χ1n) is 7.12. The lowest BCUT2D eigenvalue weighted by Crippen LogP contribution is -1.87. The van der Waals surface area contributed by atoms with Crippen LogP contribution >= 0.6 is 11.6 Å². The molecule has 1 aromatic heterocycles. The minimum atomic E-state index is 0.520. The first kappa shape index (κ1) is 14.7. The first-order chi connectivity index (χ1) is 10.7. The molecule has 0 aliphatic rings. The molecule has 0 atom stereocenters. The molecule has 3 rings (SSSR count). The van der Waals surface area contributed by atoms with E-state index >= 15 is 0 Å². The third-order valence-corrected chi connectivity index (χ3v) is 4.19. The summed E-state index contributed by atoms with van der Waals surface area (Å²) in [4.78, 5) is 15.0. The van der Waals surface area contributed by atoms with Crippen molar-refractivity contribution in [3.05, 3.63) is 52.5 Å². The highest BCUT2D eigenvalue weighted by molar-refractivity contribution is 6.32. The summed E-state index contributed by atoms with van der Waals surface area (Å²) in [6, 6.07) is 11.5. The van der Waals surface area contributed by atoms with Gasteiger partial charge >= 0.3 is 0 Å². The van der Waals surface area contributed by atoms with Crippen LogP contribution in [0.3, 0.4) is 0 Å². The van der Waals surface area contributed by atoms with Crippen LogP contribution in [0.4, 0.5) is 0 Å². The number of rotatable bonds is 4. The number of carbonyl (C=O) groups is 1. The van der Waals surface area contributed by atoms with Crippen molar-refractivity contribution in [2.45, 2.75) is 13.3 Å². The minimum Gasteiger partial charge on any atom is -0.495 e. The summed E-state index contributed by atoms with van der Waals surface area (Å²) in [5, 5.41) is 1.46. The second kappa shape index (κ2) is 5.85. The largest absolute Gasteiger partial charge is 0.495 e. The van der Waals surface area contributed by atoms with Crippen LogP contribution in [0.25, 0.3) is 22.2 Å². The Balaban J connectivity index is 2.26. The van der Waals surface area contributed by atoms with Crippen LogP contribution in [-0.2, 0) is 6.42 Å². The van der Waals surface area contributed by atoms with Gasteiger partial charge in [-0.25, -0.2) is 0 Å². The summed E-state index contributed by atoms with van der Waals surface area (Å²) in [5.41, 5.74) is 4.51. The first-order valence-corrected chi connectivity index (χ1v) is 7.50. The maximum Gasteiger partial charge on any atom is 0.152 e. The summed E-state index contributed by atoms with van der Waals surface area (Å²) in [7, 11) is 1.58. The molecule has 0 aliphatic heterocycles. The molecule has 3 aromatic rings. The van der Waals surface area contributed by atoms with Crippen molar-refractivity contribution >= 4 is 28.8 Å². The average molecular weight is 314 g/mol. The molecule has 0 unspecified atom stereocenters. The van der Waals surface area contributed by atoms with Gasteiger partial charge in [0.2, 0.25) is 0 Å². The van der Waals surface area contributed by atoms with Crippen molar-refractivity contribution < 1.29 is 9.53 Å². The SMILES string of the molecule is CCc1cccc2c(C=O)c(-c3ccc(OC)c(Cl)c3)[nH]c12. The number of aromatic nitrogens is 1. The summed E-state index contributed by atoms with van der Waals surface area (Å²) < 4.78 is 5.18. The lowest BCUT2D eigenvalue weighted by Gasteiger charge is -2.05. The molecule has 2 aromatic carbocycles. The molecule has 0 spiro atoms. The van der Waals surface area contributed by atoms with Crippen LogP contribution in [0.1, 0.15) is 22.8 Å². The molecule has 3 nitrogen and oxygen atoms in total. The molecule has 0 saturated heterocycles. The molecule has 0 radical (unpaired) electrons. The van der Waals surface area contributed by atoms with Gasteiger partial charge in [0.15, 0.2) is 6.29 Å². The van der Waals surface area contributed by atoms with Gasteiger partial charge in [-0.2, -0.15) is 0 Å². The minimum absolute atomic E-state index is 0.520. The van der Waals surface area contributed by atoms with E-state index in [1.807, 2.05) is 24.3 Å². The van der Waals surface area contributed by atoms with Crippen molar-refractivity contribution in [2.24, 2.45) is 0 Å². The number of nitrogens with one attached hydrogen (secondary N) is 1. The van der Waals surface area contributed by atoms with E-state index in [2.05, 4.69) is 18.0 Å². The predicted octanol–water partition coefficient (Wildman–Crippen LogP) is 4.87. The molecule has 0 aliphatic carbocycles. The lowest BCUT2D eigenvalue weighted by molar-refractivity contribution is 0.112. The number of aromatic amines is 1. The van der Waals surface area contributed by atoms with Crippen LogP contribution in [0.5, 0.6) is 5.75 Å². The van der Waals surface area contributed by atoms with Crippen molar-refractivity contribution in [1.82, 2.24) is 4.98 Å². The number of halogens is 1. The molecule has 0 amide bonds. The quantitative estimate of drug-likeness (QED) is 0.698. The normalized spacial score (nSPS) is 10.9. The number of benzene rings is 2. The Labute approximate surface area is 133 Å². The number of aldehydes is 1. The highest BCUT2D eigenvalue weighted by atomic mass is 35.5. The van der Waals surface area contributed by atoms with Gasteiger partial charge in [0.25, 0.3) is 0 Å². The molecule has 1 heterocycles. The summed E-state index contributed by atoms with van der Waals surface area (Å²) in [6.45, 7) is 2.10. The van der Waals surface area contributed by atoms with Gasteiger partial charge < -0.3 is 9.72 Å². The third kappa shape index (κ3) is 2.28. The summed E-state index contributed by atoms with van der Waals surface area (Å²) >= 11 is 6.21. The Morgan fingerprint density at radius 3 is 2.73 bits per heavy atom. The van der Waals surface area contributed by atoms with Gasteiger partial charge in [-0.3, -0.25) is 4.79 Å². The number of carbonyl (C=O) groups excluding carboxylic acids is 1. The van der Waals surface area contributed by atoms with Crippen molar-refractivity contribution in [3.8, 4) is 17.0 Å². The smallest absolute Gasteiger partial charge is 0.152 e. The van der Waals surface area contributed by atoms with Crippen LogP contribution in [0.2, 0.25) is 5.02 Å². The van der Waals surface area contributed by atoms with E-state index in [4.69, 9.17) is 16.3 Å². The predicted molar refractivity (Wildman–Crippen MR) is 90.1 cm³/mol. The number of fused-ring (bicyclic) bond motifs is 1. The zero-order chi connectivity index (χ0) is 15.7. The van der Waals surface area contributed by atoms with Crippen molar-refractivity contribution in [3.63, 3.8) is 0 Å². The second-order valence-electron chi connectivity index (χ2n) is 5.07. The number of methoxy groups -OCH3 is 1. The Hall–Kier alpha value is -2.26. The number of aryl methyl sites for hydroxylation is 1. The van der Waals surface area contributed by atoms with Gasteiger partial charge in [-0.15, -0.1) is 0 Å². The zero-order valence-corrected chi connectivity index (χ0v) is 13.2. The lowest BCUT2D eigenvalue weighted by atomic mass is 10.0. The molecule has 0 saturated carbocycles. The fourth-order valence-corrected chi connectivity index (χ4v) is 3.02. The highest BCUT2D eigenvalue weighted by Gasteiger charge is 2.15. The van der Waals surface area contributed by atoms with Crippen LogP contribution < -0.4 is 4.74 Å². The van der Waals surface area contributed by atoms with E-state index in [1.54, 1.807) is 13.2 Å². The van der Waals surface area contributed by atoms with Crippen LogP contribution in [-0.4, -0.2) is 18.4 Å². The van der Waals surface area contributed by atoms with E-state index in [0.29, 0.717) is 16.3 Å². The molecular weight excluding hydrogens is 298 g/mol. The average Bonchev–Trinajstić information content (AvgIpc) is 2.93. The van der Waals surface area contributed by atoms with Crippen LogP contribution in [0, 0.1) is 0 Å². The Bertz CT molecular complexity index is 852. The van der Waals surface area contributed by atoms with Gasteiger partial charge in [0, 0.05) is 22.0 Å². The van der Waals surface area contributed by atoms with Gasteiger partial charge in [-0.05, 0) is 30.2 Å². The second-order valence-corrected chi connectivity index (χ2v) is 5.48. The topological polar surface area (TPSA) is 42.1 Å². The van der Waals surface area contributed by atoms with E-state index < -0.39 is 0 Å². The van der Waals surface area contributed by atoms with Crippen LogP contribution in [0.15, 0.2) is 36.4 Å². The maximum atomic E-state index is 11.6. The van der Waals surface area contributed by atoms with E-state index in [9.17, 15) is 4.79 Å². The van der Waals surface area contributed by atoms with Crippen molar-refractivity contribution in [2.75, 3.05) is 7.11 Å². The molecule has 0 fully saturated rings. The number of hydrogen-bond donors (Lipinski definition) is 1. The fourth-order valence-electron chi connectivity index (χ4n) is 2.77. The summed E-state index contributed by atoms with van der Waals surface area (Å²) in [6.07, 6.45) is 1.80. The van der Waals surface area contributed by atoms with Crippen molar-refractivity contribution in [1.29, 1.82) is 0 Å². The standard InChI is InChI=1S/C18H16ClNO2/c1-3-11-5-4-6-13-14(10-21)18(20-17(11)13)12-7-8-16(22-2)15(19)9-12/h4-10,20H,3H2,1-2H3. The number of para-hydroxylation sites is 1. The molecule has 22 heavy (non-hydrogen) atoms. The molecule has 1 N–H and O–H groups in total. The monoisotopic (exact) mass is 313 g/mol. The Morgan fingerprint density at radius 1 is 1.27 bits per heavy atom. The van der Waals surface area contributed by atoms with Gasteiger partial charge in [0.1, 0.15) is 5.75 Å². The van der Waals surface area contributed by atoms with Gasteiger partial charge in [-0.1, -0.05) is 36.7 Å². The molecule has 4 heteroatoms. The maximum absolute atomic E-state index is 11.6. The molecular formula is C18H16ClNO2. The van der Waals surface area contributed by atoms with E-state index in [1.165, 1.54) is 5.56 Å². The number of hydrogen-bond acceptors (Lipinski definition) is 2. The molecule has 0 bridgehead atoms. The van der Waals surface area contributed by atoms with E-state index in [-0.39, 0.29) is 0 Å². The Morgan fingerprint density at radius 2 is 2.09 bits per heavy atom. The summed E-state index contributed by atoms with van der Waals surface area (Å²) in [5.74, 6) is 0.614. The molecule has 112 valence electrons. The highest BCUT2D eigenvalue weighted by Crippen LogP contribution is 2.34. The number of ether oxygens (including phenoxy) is 1. The Kier molecular flexibility index (Phi) is 3.90. The number of H-pyrrole nitrogens is 1. The zero-order valence-electron chi connectivity index (χ0n) is 12.4.